The zero-order chi connectivity index (χ0) is 14.7. The van der Waals surface area contributed by atoms with Crippen LogP contribution >= 0.6 is 0 Å². The fourth-order valence-electron chi connectivity index (χ4n) is 2.16. The molecule has 112 valence electrons. The zero-order valence-electron chi connectivity index (χ0n) is 12.6. The van der Waals surface area contributed by atoms with Gasteiger partial charge in [-0.1, -0.05) is 29.8 Å². The first-order valence-corrected chi connectivity index (χ1v) is 7.51. The lowest BCUT2D eigenvalue weighted by Crippen LogP contribution is -2.16. The third-order valence-corrected chi connectivity index (χ3v) is 3.54. The Morgan fingerprint density at radius 3 is 2.95 bits per heavy atom. The molecule has 0 bridgehead atoms. The predicted molar refractivity (Wildman–Crippen MR) is 79.0 cm³/mol. The molecule has 1 aromatic heterocycles. The molecule has 1 heterocycles. The maximum Gasteiger partial charge on any atom is 0.226 e. The van der Waals surface area contributed by atoms with E-state index in [1.807, 2.05) is 13.0 Å². The maximum atomic E-state index is 5.86. The Balaban J connectivity index is 1.65. The molecule has 0 unspecified atom stereocenters. The number of hydrogen-bond acceptors (Lipinski definition) is 5. The van der Waals surface area contributed by atoms with Crippen molar-refractivity contribution in [1.82, 2.24) is 15.5 Å². The second-order valence-corrected chi connectivity index (χ2v) is 5.51. The van der Waals surface area contributed by atoms with Crippen molar-refractivity contribution in [2.24, 2.45) is 0 Å². The molecular weight excluding hydrogens is 266 g/mol. The van der Waals surface area contributed by atoms with E-state index in [1.54, 1.807) is 0 Å². The van der Waals surface area contributed by atoms with E-state index < -0.39 is 0 Å². The van der Waals surface area contributed by atoms with Crippen molar-refractivity contribution in [2.45, 2.75) is 52.3 Å². The number of nitrogens with one attached hydrogen (secondary N) is 1. The monoisotopic (exact) mass is 287 g/mol. The molecule has 1 aliphatic rings. The highest BCUT2D eigenvalue weighted by Crippen LogP contribution is 2.24. The van der Waals surface area contributed by atoms with Gasteiger partial charge in [0.2, 0.25) is 11.7 Å². The lowest BCUT2D eigenvalue weighted by Gasteiger charge is -2.12. The van der Waals surface area contributed by atoms with Crippen molar-refractivity contribution in [2.75, 3.05) is 0 Å². The molecule has 1 fully saturated rings. The third-order valence-electron chi connectivity index (χ3n) is 3.54. The Hall–Kier alpha value is -1.88. The van der Waals surface area contributed by atoms with Crippen LogP contribution in [0.4, 0.5) is 0 Å². The van der Waals surface area contributed by atoms with Gasteiger partial charge in [-0.25, -0.2) is 0 Å². The topological polar surface area (TPSA) is 60.2 Å². The summed E-state index contributed by atoms with van der Waals surface area (Å²) < 4.78 is 10.9. The van der Waals surface area contributed by atoms with Crippen molar-refractivity contribution >= 4 is 0 Å². The van der Waals surface area contributed by atoms with Crippen molar-refractivity contribution in [3.63, 3.8) is 0 Å². The van der Waals surface area contributed by atoms with Gasteiger partial charge in [0.05, 0.1) is 0 Å². The quantitative estimate of drug-likeness (QED) is 0.848. The summed E-state index contributed by atoms with van der Waals surface area (Å²) >= 11 is 0. The van der Waals surface area contributed by atoms with E-state index in [4.69, 9.17) is 9.26 Å². The summed E-state index contributed by atoms with van der Waals surface area (Å²) in [5, 5.41) is 7.43. The summed E-state index contributed by atoms with van der Waals surface area (Å²) in [4.78, 5) is 4.26. The minimum absolute atomic E-state index is 0.336. The van der Waals surface area contributed by atoms with Gasteiger partial charge in [-0.05, 0) is 25.8 Å². The summed E-state index contributed by atoms with van der Waals surface area (Å²) in [6.45, 7) is 5.26. The van der Waals surface area contributed by atoms with Crippen LogP contribution in [0.5, 0.6) is 5.75 Å². The number of aromatic nitrogens is 2. The molecule has 21 heavy (non-hydrogen) atoms. The number of aryl methyl sites for hydroxylation is 2. The minimum atomic E-state index is 0.336. The molecule has 3 rings (SSSR count). The molecule has 1 saturated carbocycles. The van der Waals surface area contributed by atoms with Gasteiger partial charge in [0.1, 0.15) is 5.75 Å². The summed E-state index contributed by atoms with van der Waals surface area (Å²) in [6, 6.07) is 6.92. The first-order chi connectivity index (χ1) is 10.2. The van der Waals surface area contributed by atoms with Crippen LogP contribution in [-0.4, -0.2) is 16.2 Å². The van der Waals surface area contributed by atoms with Crippen LogP contribution in [0.25, 0.3) is 0 Å². The molecule has 5 heteroatoms. The highest BCUT2D eigenvalue weighted by atomic mass is 16.5. The van der Waals surface area contributed by atoms with Gasteiger partial charge < -0.3 is 14.6 Å². The number of hydrogen-bond donors (Lipinski definition) is 1. The molecule has 0 amide bonds. The molecule has 0 atom stereocenters. The molecular formula is C16H21N3O2. The lowest BCUT2D eigenvalue weighted by atomic mass is 10.1. The van der Waals surface area contributed by atoms with Crippen molar-refractivity contribution in [1.29, 1.82) is 0 Å². The molecule has 0 radical (unpaired) electrons. The van der Waals surface area contributed by atoms with Crippen LogP contribution in [0.2, 0.25) is 0 Å². The summed E-state index contributed by atoms with van der Waals surface area (Å²) in [7, 11) is 0. The van der Waals surface area contributed by atoms with Crippen LogP contribution in [-0.2, 0) is 19.6 Å². The van der Waals surface area contributed by atoms with Crippen LogP contribution in [0.1, 0.15) is 42.6 Å². The summed E-state index contributed by atoms with van der Waals surface area (Å²) in [5.74, 6) is 2.12. The van der Waals surface area contributed by atoms with Crippen LogP contribution in [0.3, 0.4) is 0 Å². The summed E-state index contributed by atoms with van der Waals surface area (Å²) in [5.41, 5.74) is 2.42. The number of nitrogens with zero attached hydrogens (tertiary/aromatic N) is 2. The molecule has 1 aliphatic carbocycles. The molecule has 0 spiro atoms. The Kier molecular flexibility index (Phi) is 4.20. The van der Waals surface area contributed by atoms with Crippen molar-refractivity contribution in [3.8, 4) is 5.75 Å². The van der Waals surface area contributed by atoms with Crippen LogP contribution in [0, 0.1) is 6.92 Å². The van der Waals surface area contributed by atoms with Crippen LogP contribution in [0.15, 0.2) is 22.7 Å². The van der Waals surface area contributed by atoms with E-state index in [2.05, 4.69) is 34.5 Å². The lowest BCUT2D eigenvalue weighted by molar-refractivity contribution is 0.282. The SMILES string of the molecule is CCc1nc(COc2ccc(C)cc2CNC2CC2)no1. The average molecular weight is 287 g/mol. The number of benzene rings is 1. The van der Waals surface area contributed by atoms with E-state index in [1.165, 1.54) is 24.0 Å². The maximum absolute atomic E-state index is 5.86. The van der Waals surface area contributed by atoms with Gasteiger partial charge in [-0.15, -0.1) is 0 Å². The van der Waals surface area contributed by atoms with E-state index in [0.29, 0.717) is 24.4 Å². The number of rotatable bonds is 7. The van der Waals surface area contributed by atoms with E-state index in [9.17, 15) is 0 Å². The Morgan fingerprint density at radius 2 is 2.24 bits per heavy atom. The van der Waals surface area contributed by atoms with Gasteiger partial charge in [0.15, 0.2) is 6.61 Å². The second kappa shape index (κ2) is 6.26. The zero-order valence-corrected chi connectivity index (χ0v) is 12.6. The van der Waals surface area contributed by atoms with Crippen LogP contribution < -0.4 is 10.1 Å². The van der Waals surface area contributed by atoms with Gasteiger partial charge in [0, 0.05) is 24.6 Å². The number of ether oxygens (including phenoxy) is 1. The highest BCUT2D eigenvalue weighted by Gasteiger charge is 2.20. The third kappa shape index (κ3) is 3.82. The van der Waals surface area contributed by atoms with Gasteiger partial charge in [0.25, 0.3) is 0 Å². The first kappa shape index (κ1) is 14.1. The van der Waals surface area contributed by atoms with Gasteiger partial charge in [-0.2, -0.15) is 4.98 Å². The predicted octanol–water partition coefficient (Wildman–Crippen LogP) is 2.77. The van der Waals surface area contributed by atoms with E-state index in [0.717, 1.165) is 18.7 Å². The minimum Gasteiger partial charge on any atom is -0.485 e. The normalized spacial score (nSPS) is 14.4. The Morgan fingerprint density at radius 1 is 1.38 bits per heavy atom. The summed E-state index contributed by atoms with van der Waals surface area (Å²) in [6.07, 6.45) is 3.31. The fraction of sp³-hybridized carbons (Fsp3) is 0.500. The molecule has 2 aromatic rings. The smallest absolute Gasteiger partial charge is 0.226 e. The Labute approximate surface area is 124 Å². The largest absolute Gasteiger partial charge is 0.485 e. The Bertz CT molecular complexity index is 605. The van der Waals surface area contributed by atoms with Gasteiger partial charge in [-0.3, -0.25) is 0 Å². The van der Waals surface area contributed by atoms with Crippen molar-refractivity contribution in [3.05, 3.63) is 41.0 Å². The molecule has 1 N–H and O–H groups in total. The standard InChI is InChI=1S/C16H21N3O2/c1-3-16-18-15(19-21-16)10-20-14-7-4-11(2)8-12(14)9-17-13-5-6-13/h4,7-8,13,17H,3,5-6,9-10H2,1-2H3. The van der Waals surface area contributed by atoms with Crippen molar-refractivity contribution < 1.29 is 9.26 Å². The fourth-order valence-corrected chi connectivity index (χ4v) is 2.16. The molecule has 0 saturated heterocycles. The second-order valence-electron chi connectivity index (χ2n) is 5.51. The average Bonchev–Trinajstić information content (AvgIpc) is 3.21. The molecule has 1 aromatic carbocycles. The first-order valence-electron chi connectivity index (χ1n) is 7.51. The van der Waals surface area contributed by atoms with E-state index >= 15 is 0 Å². The van der Waals surface area contributed by atoms with E-state index in [-0.39, 0.29) is 0 Å². The molecule has 0 aliphatic heterocycles. The van der Waals surface area contributed by atoms with Gasteiger partial charge >= 0.3 is 0 Å². The molecule has 5 nitrogen and oxygen atoms in total. The highest BCUT2D eigenvalue weighted by molar-refractivity contribution is 5.37.